The lowest BCUT2D eigenvalue weighted by Crippen LogP contribution is -2.37. The summed E-state index contributed by atoms with van der Waals surface area (Å²) < 4.78 is 19.4. The number of nitrogens with zero attached hydrogens (tertiary/aromatic N) is 4. The van der Waals surface area contributed by atoms with E-state index in [2.05, 4.69) is 19.2 Å². The van der Waals surface area contributed by atoms with Crippen LogP contribution in [-0.4, -0.2) is 32.0 Å². The first-order chi connectivity index (χ1) is 14.2. The maximum absolute atomic E-state index is 13.1. The van der Waals surface area contributed by atoms with Crippen LogP contribution >= 0.6 is 11.5 Å². The maximum Gasteiger partial charge on any atom is 0.326 e. The van der Waals surface area contributed by atoms with Crippen LogP contribution < -0.4 is 10.6 Å². The lowest BCUT2D eigenvalue weighted by Gasteiger charge is -2.32. The van der Waals surface area contributed by atoms with Gasteiger partial charge in [-0.05, 0) is 42.7 Å². The average Bonchev–Trinajstić information content (AvgIpc) is 3.33. The van der Waals surface area contributed by atoms with Crippen LogP contribution in [-0.2, 0) is 6.42 Å². The number of anilines is 1. The normalized spacial score (nSPS) is 15.3. The van der Waals surface area contributed by atoms with E-state index < -0.39 is 0 Å². The molecule has 1 fully saturated rings. The lowest BCUT2D eigenvalue weighted by molar-refractivity contribution is 0.396. The monoisotopic (exact) mass is 409 g/mol. The molecule has 0 unspecified atom stereocenters. The second kappa shape index (κ2) is 7.44. The highest BCUT2D eigenvalue weighted by Gasteiger charge is 2.25. The average molecular weight is 409 g/mol. The lowest BCUT2D eigenvalue weighted by atomic mass is 10.1. The van der Waals surface area contributed by atoms with Gasteiger partial charge in [0.1, 0.15) is 11.6 Å². The molecule has 4 aromatic rings. The quantitative estimate of drug-likeness (QED) is 0.557. The minimum Gasteiger partial charge on any atom is -0.347 e. The summed E-state index contributed by atoms with van der Waals surface area (Å²) in [6.45, 7) is 1.67. The van der Waals surface area contributed by atoms with Crippen molar-refractivity contribution in [3.63, 3.8) is 0 Å². The fourth-order valence-electron chi connectivity index (χ4n) is 3.98. The van der Waals surface area contributed by atoms with E-state index in [0.29, 0.717) is 6.42 Å². The molecule has 1 aliphatic rings. The van der Waals surface area contributed by atoms with E-state index in [9.17, 15) is 9.18 Å². The van der Waals surface area contributed by atoms with E-state index in [1.807, 2.05) is 28.8 Å². The Bertz CT molecular complexity index is 1190. The topological polar surface area (TPSA) is 66.8 Å². The molecule has 2 aromatic carbocycles. The van der Waals surface area contributed by atoms with E-state index in [1.165, 1.54) is 23.7 Å². The SMILES string of the molecule is O=c1[nH]c2ccccc2n1C1CCN(c2nc(Cc3ccc(F)cc3)ns2)CC1. The zero-order valence-electron chi connectivity index (χ0n) is 15.7. The van der Waals surface area contributed by atoms with Crippen molar-refractivity contribution in [1.82, 2.24) is 18.9 Å². The van der Waals surface area contributed by atoms with E-state index in [-0.39, 0.29) is 17.5 Å². The number of aromatic amines is 1. The Labute approximate surface area is 170 Å². The summed E-state index contributed by atoms with van der Waals surface area (Å²) in [6.07, 6.45) is 2.36. The first-order valence-corrected chi connectivity index (χ1v) is 10.5. The number of piperidine rings is 1. The van der Waals surface area contributed by atoms with Crippen LogP contribution in [0.4, 0.5) is 9.52 Å². The van der Waals surface area contributed by atoms with Crippen molar-refractivity contribution in [2.45, 2.75) is 25.3 Å². The molecule has 0 aliphatic carbocycles. The predicted octanol–water partition coefficient (Wildman–Crippen LogP) is 3.75. The van der Waals surface area contributed by atoms with E-state index in [1.54, 1.807) is 12.1 Å². The highest BCUT2D eigenvalue weighted by atomic mass is 32.1. The van der Waals surface area contributed by atoms with Crippen LogP contribution in [0.2, 0.25) is 0 Å². The molecule has 8 heteroatoms. The van der Waals surface area contributed by atoms with Gasteiger partial charge in [0.25, 0.3) is 0 Å². The van der Waals surface area contributed by atoms with Crippen LogP contribution in [0.1, 0.15) is 30.3 Å². The number of hydrogen-bond donors (Lipinski definition) is 1. The Morgan fingerprint density at radius 2 is 1.86 bits per heavy atom. The van der Waals surface area contributed by atoms with E-state index >= 15 is 0 Å². The fourth-order valence-corrected chi connectivity index (χ4v) is 4.72. The molecular formula is C21H20FN5OS. The Balaban J connectivity index is 1.27. The number of imidazole rings is 1. The van der Waals surface area contributed by atoms with Crippen LogP contribution in [0.15, 0.2) is 53.3 Å². The van der Waals surface area contributed by atoms with Gasteiger partial charge in [-0.25, -0.2) is 14.2 Å². The number of para-hydroxylation sites is 2. The molecule has 3 heterocycles. The molecule has 1 saturated heterocycles. The molecule has 1 N–H and O–H groups in total. The molecule has 0 saturated carbocycles. The first-order valence-electron chi connectivity index (χ1n) is 9.68. The van der Waals surface area contributed by atoms with Gasteiger partial charge in [0, 0.05) is 37.1 Å². The van der Waals surface area contributed by atoms with E-state index in [0.717, 1.165) is 53.5 Å². The van der Waals surface area contributed by atoms with Gasteiger partial charge < -0.3 is 9.88 Å². The van der Waals surface area contributed by atoms with Crippen molar-refractivity contribution in [2.24, 2.45) is 0 Å². The molecule has 1 aliphatic heterocycles. The number of nitrogens with one attached hydrogen (secondary N) is 1. The minimum atomic E-state index is -0.238. The second-order valence-electron chi connectivity index (χ2n) is 7.33. The summed E-state index contributed by atoms with van der Waals surface area (Å²) in [5.41, 5.74) is 2.80. The molecule has 0 spiro atoms. The zero-order valence-corrected chi connectivity index (χ0v) is 16.5. The molecule has 5 rings (SSSR count). The number of benzene rings is 2. The predicted molar refractivity (Wildman–Crippen MR) is 112 cm³/mol. The number of halogens is 1. The van der Waals surface area contributed by atoms with Crippen LogP contribution in [0, 0.1) is 5.82 Å². The maximum atomic E-state index is 13.1. The second-order valence-corrected chi connectivity index (χ2v) is 8.06. The Hall–Kier alpha value is -3.00. The van der Waals surface area contributed by atoms with Crippen LogP contribution in [0.5, 0.6) is 0 Å². The third-order valence-electron chi connectivity index (χ3n) is 5.46. The Morgan fingerprint density at radius 1 is 1.10 bits per heavy atom. The van der Waals surface area contributed by atoms with Crippen LogP contribution in [0.25, 0.3) is 11.0 Å². The van der Waals surface area contributed by atoms with Gasteiger partial charge in [-0.2, -0.15) is 4.37 Å². The van der Waals surface area contributed by atoms with Crippen LogP contribution in [0.3, 0.4) is 0 Å². The van der Waals surface area contributed by atoms with Gasteiger partial charge in [-0.1, -0.05) is 24.3 Å². The molecular weight excluding hydrogens is 389 g/mol. The van der Waals surface area contributed by atoms with Gasteiger partial charge in [0.2, 0.25) is 5.13 Å². The summed E-state index contributed by atoms with van der Waals surface area (Å²) >= 11 is 1.40. The van der Waals surface area contributed by atoms with Gasteiger partial charge in [-0.15, -0.1) is 0 Å². The molecule has 0 bridgehead atoms. The molecule has 6 nitrogen and oxygen atoms in total. The summed E-state index contributed by atoms with van der Waals surface area (Å²) in [5, 5.41) is 0.909. The Kier molecular flexibility index (Phi) is 4.63. The largest absolute Gasteiger partial charge is 0.347 e. The van der Waals surface area contributed by atoms with Crippen molar-refractivity contribution in [3.8, 4) is 0 Å². The van der Waals surface area contributed by atoms with Gasteiger partial charge >= 0.3 is 5.69 Å². The van der Waals surface area contributed by atoms with E-state index in [4.69, 9.17) is 0 Å². The number of H-pyrrole nitrogens is 1. The number of rotatable bonds is 4. The smallest absolute Gasteiger partial charge is 0.326 e. The molecule has 2 aromatic heterocycles. The molecule has 29 heavy (non-hydrogen) atoms. The summed E-state index contributed by atoms with van der Waals surface area (Å²) in [6, 6.07) is 14.5. The highest BCUT2D eigenvalue weighted by Crippen LogP contribution is 2.29. The molecule has 148 valence electrons. The summed E-state index contributed by atoms with van der Waals surface area (Å²) in [7, 11) is 0. The number of fused-ring (bicyclic) bond motifs is 1. The zero-order chi connectivity index (χ0) is 19.8. The third-order valence-corrected chi connectivity index (χ3v) is 6.27. The first kappa shape index (κ1) is 18.1. The third kappa shape index (κ3) is 3.55. The molecule has 0 amide bonds. The molecule has 0 radical (unpaired) electrons. The Morgan fingerprint density at radius 3 is 2.66 bits per heavy atom. The van der Waals surface area contributed by atoms with Gasteiger partial charge in [0.15, 0.2) is 0 Å². The summed E-state index contributed by atoms with van der Waals surface area (Å²) in [4.78, 5) is 22.3. The fraction of sp³-hybridized carbons (Fsp3) is 0.286. The standard InChI is InChI=1S/C21H20FN5OS/c22-15-7-5-14(6-8-15)13-19-24-21(29-25-19)26-11-9-16(10-12-26)27-18-4-2-1-3-17(18)23-20(27)28/h1-8,16H,9-13H2,(H,23,28). The minimum absolute atomic E-state index is 0.0397. The van der Waals surface area contributed by atoms with Gasteiger partial charge in [-0.3, -0.25) is 4.57 Å². The van der Waals surface area contributed by atoms with Crippen molar-refractivity contribution in [1.29, 1.82) is 0 Å². The number of aromatic nitrogens is 4. The van der Waals surface area contributed by atoms with Crippen molar-refractivity contribution >= 4 is 27.7 Å². The van der Waals surface area contributed by atoms with Crippen molar-refractivity contribution in [3.05, 3.63) is 76.2 Å². The van der Waals surface area contributed by atoms with Crippen molar-refractivity contribution < 1.29 is 4.39 Å². The summed E-state index contributed by atoms with van der Waals surface area (Å²) in [5.74, 6) is 0.518. The van der Waals surface area contributed by atoms with Gasteiger partial charge in [0.05, 0.1) is 11.0 Å². The highest BCUT2D eigenvalue weighted by molar-refractivity contribution is 7.09. The van der Waals surface area contributed by atoms with Crippen molar-refractivity contribution in [2.75, 3.05) is 18.0 Å². The number of hydrogen-bond acceptors (Lipinski definition) is 5. The molecule has 0 atom stereocenters.